The number of amides is 1. The van der Waals surface area contributed by atoms with Crippen LogP contribution in [-0.4, -0.2) is 42.4 Å². The van der Waals surface area contributed by atoms with Gasteiger partial charge in [0.25, 0.3) is 5.91 Å². The first kappa shape index (κ1) is 12.3. The third kappa shape index (κ3) is 2.25. The molecule has 1 N–H and O–H groups in total. The average Bonchev–Trinajstić information content (AvgIpc) is 3.03. The van der Waals surface area contributed by atoms with Crippen molar-refractivity contribution in [2.45, 2.75) is 13.5 Å². The maximum absolute atomic E-state index is 12.3. The second-order valence-electron chi connectivity index (χ2n) is 4.59. The second-order valence-corrected chi connectivity index (χ2v) is 4.59. The molecule has 0 aliphatic rings. The lowest BCUT2D eigenvalue weighted by atomic mass is 10.4. The molecule has 3 rings (SSSR count). The van der Waals surface area contributed by atoms with Crippen molar-refractivity contribution in [3.63, 3.8) is 0 Å². The van der Waals surface area contributed by atoms with Crippen molar-refractivity contribution in [1.82, 2.24) is 29.5 Å². The van der Waals surface area contributed by atoms with Crippen LogP contribution in [0.25, 0.3) is 5.65 Å². The molecule has 0 saturated carbocycles. The summed E-state index contributed by atoms with van der Waals surface area (Å²) in [6.07, 6.45) is 3.58. The van der Waals surface area contributed by atoms with Gasteiger partial charge in [-0.05, 0) is 19.1 Å². The standard InChI is InChI=1S/C13H14N6O/c1-9-14-11(17-16-9)8-18(2)13(20)10-7-19-6-4-3-5-12(19)15-10/h3-7H,8H2,1-2H3,(H,14,16,17). The summed E-state index contributed by atoms with van der Waals surface area (Å²) in [6.45, 7) is 2.16. The number of hydrogen-bond donors (Lipinski definition) is 1. The number of H-pyrrole nitrogens is 1. The molecule has 0 atom stereocenters. The summed E-state index contributed by atoms with van der Waals surface area (Å²) >= 11 is 0. The SMILES string of the molecule is Cc1nc(CN(C)C(=O)c2cn3ccccc3n2)n[nH]1. The van der Waals surface area contributed by atoms with Crippen LogP contribution in [0.5, 0.6) is 0 Å². The normalized spacial score (nSPS) is 10.9. The highest BCUT2D eigenvalue weighted by molar-refractivity contribution is 5.92. The van der Waals surface area contributed by atoms with Crippen LogP contribution in [0, 0.1) is 6.92 Å². The largest absolute Gasteiger partial charge is 0.333 e. The Balaban J connectivity index is 1.80. The molecular formula is C13H14N6O. The number of nitrogens with zero attached hydrogens (tertiary/aromatic N) is 5. The zero-order valence-corrected chi connectivity index (χ0v) is 11.2. The van der Waals surface area contributed by atoms with Gasteiger partial charge in [-0.25, -0.2) is 9.97 Å². The summed E-state index contributed by atoms with van der Waals surface area (Å²) in [5.41, 5.74) is 1.16. The molecule has 3 aromatic heterocycles. The zero-order valence-electron chi connectivity index (χ0n) is 11.2. The summed E-state index contributed by atoms with van der Waals surface area (Å²) in [4.78, 5) is 22.3. The highest BCUT2D eigenvalue weighted by Crippen LogP contribution is 2.08. The number of aryl methyl sites for hydroxylation is 1. The van der Waals surface area contributed by atoms with Gasteiger partial charge in [0.05, 0.1) is 6.54 Å². The molecular weight excluding hydrogens is 256 g/mol. The number of fused-ring (bicyclic) bond motifs is 1. The van der Waals surface area contributed by atoms with Crippen LogP contribution < -0.4 is 0 Å². The number of imidazole rings is 1. The molecule has 20 heavy (non-hydrogen) atoms. The molecule has 0 aliphatic heterocycles. The molecule has 0 fully saturated rings. The molecule has 3 heterocycles. The lowest BCUT2D eigenvalue weighted by Gasteiger charge is -2.13. The van der Waals surface area contributed by atoms with Gasteiger partial charge in [-0.2, -0.15) is 5.10 Å². The summed E-state index contributed by atoms with van der Waals surface area (Å²) in [7, 11) is 1.71. The molecule has 0 bridgehead atoms. The maximum atomic E-state index is 12.3. The first-order chi connectivity index (χ1) is 9.63. The van der Waals surface area contributed by atoms with Gasteiger partial charge in [-0.1, -0.05) is 6.07 Å². The summed E-state index contributed by atoms with van der Waals surface area (Å²) in [5.74, 6) is 1.16. The van der Waals surface area contributed by atoms with Crippen LogP contribution in [0.1, 0.15) is 22.1 Å². The highest BCUT2D eigenvalue weighted by Gasteiger charge is 2.17. The Kier molecular flexibility index (Phi) is 2.94. The molecule has 0 aliphatic carbocycles. The van der Waals surface area contributed by atoms with Gasteiger partial charge in [0, 0.05) is 19.4 Å². The molecule has 7 nitrogen and oxygen atoms in total. The van der Waals surface area contributed by atoms with Crippen molar-refractivity contribution in [2.24, 2.45) is 0 Å². The fraction of sp³-hybridized carbons (Fsp3) is 0.231. The molecule has 0 aromatic carbocycles. The second kappa shape index (κ2) is 4.76. The predicted molar refractivity (Wildman–Crippen MR) is 72.1 cm³/mol. The third-order valence-corrected chi connectivity index (χ3v) is 2.95. The lowest BCUT2D eigenvalue weighted by molar-refractivity contribution is 0.0776. The Morgan fingerprint density at radius 2 is 2.25 bits per heavy atom. The fourth-order valence-corrected chi connectivity index (χ4v) is 1.98. The zero-order chi connectivity index (χ0) is 14.1. The monoisotopic (exact) mass is 270 g/mol. The lowest BCUT2D eigenvalue weighted by Crippen LogP contribution is -2.27. The molecule has 3 aromatic rings. The first-order valence-corrected chi connectivity index (χ1v) is 6.20. The van der Waals surface area contributed by atoms with E-state index in [1.165, 1.54) is 0 Å². The van der Waals surface area contributed by atoms with Crippen molar-refractivity contribution in [3.8, 4) is 0 Å². The predicted octanol–water partition coefficient (Wildman–Crippen LogP) is 1.03. The average molecular weight is 270 g/mol. The maximum Gasteiger partial charge on any atom is 0.274 e. The quantitative estimate of drug-likeness (QED) is 0.771. The Labute approximate surface area is 115 Å². The Morgan fingerprint density at radius 1 is 1.40 bits per heavy atom. The minimum Gasteiger partial charge on any atom is -0.333 e. The molecule has 0 radical (unpaired) electrons. The van der Waals surface area contributed by atoms with E-state index < -0.39 is 0 Å². The molecule has 7 heteroatoms. The molecule has 1 amide bonds. The van der Waals surface area contributed by atoms with Gasteiger partial charge in [0.1, 0.15) is 17.2 Å². The smallest absolute Gasteiger partial charge is 0.274 e. The number of aromatic nitrogens is 5. The number of carbonyl (C=O) groups excluding carboxylic acids is 1. The van der Waals surface area contributed by atoms with Crippen molar-refractivity contribution in [1.29, 1.82) is 0 Å². The van der Waals surface area contributed by atoms with Gasteiger partial charge in [-0.15, -0.1) is 0 Å². The minimum absolute atomic E-state index is 0.156. The van der Waals surface area contributed by atoms with Gasteiger partial charge in [0.15, 0.2) is 5.82 Å². The molecule has 102 valence electrons. The number of nitrogens with one attached hydrogen (secondary N) is 1. The van der Waals surface area contributed by atoms with E-state index >= 15 is 0 Å². The van der Waals surface area contributed by atoms with Crippen molar-refractivity contribution >= 4 is 11.6 Å². The Hall–Kier alpha value is -2.70. The van der Waals surface area contributed by atoms with Gasteiger partial charge < -0.3 is 9.30 Å². The number of hydrogen-bond acceptors (Lipinski definition) is 4. The van der Waals surface area contributed by atoms with Gasteiger partial charge >= 0.3 is 0 Å². The first-order valence-electron chi connectivity index (χ1n) is 6.20. The third-order valence-electron chi connectivity index (χ3n) is 2.95. The topological polar surface area (TPSA) is 79.2 Å². The van der Waals surface area contributed by atoms with E-state index in [9.17, 15) is 4.79 Å². The minimum atomic E-state index is -0.156. The van der Waals surface area contributed by atoms with Crippen LogP contribution in [0.4, 0.5) is 0 Å². The highest BCUT2D eigenvalue weighted by atomic mass is 16.2. The van der Waals surface area contributed by atoms with Crippen molar-refractivity contribution in [2.75, 3.05) is 7.05 Å². The van der Waals surface area contributed by atoms with Crippen LogP contribution in [0.15, 0.2) is 30.6 Å². The van der Waals surface area contributed by atoms with E-state index in [4.69, 9.17) is 0 Å². The fourth-order valence-electron chi connectivity index (χ4n) is 1.98. The Bertz CT molecular complexity index is 726. The van der Waals surface area contributed by atoms with Gasteiger partial charge in [0.2, 0.25) is 0 Å². The number of rotatable bonds is 3. The number of aromatic amines is 1. The van der Waals surface area contributed by atoms with Gasteiger partial charge in [-0.3, -0.25) is 9.89 Å². The summed E-state index contributed by atoms with van der Waals surface area (Å²) < 4.78 is 1.82. The summed E-state index contributed by atoms with van der Waals surface area (Å²) in [6, 6.07) is 5.63. The van der Waals surface area contributed by atoms with Crippen LogP contribution in [-0.2, 0) is 6.54 Å². The van der Waals surface area contributed by atoms with Crippen LogP contribution in [0.2, 0.25) is 0 Å². The van der Waals surface area contributed by atoms with E-state index in [2.05, 4.69) is 20.2 Å². The van der Waals surface area contributed by atoms with Crippen LogP contribution in [0.3, 0.4) is 0 Å². The van der Waals surface area contributed by atoms with E-state index in [-0.39, 0.29) is 5.91 Å². The van der Waals surface area contributed by atoms with E-state index in [1.54, 1.807) is 18.1 Å². The summed E-state index contributed by atoms with van der Waals surface area (Å²) in [5, 5.41) is 6.77. The molecule has 0 saturated heterocycles. The molecule has 0 spiro atoms. The molecule has 0 unspecified atom stereocenters. The van der Waals surface area contributed by atoms with E-state index in [1.807, 2.05) is 35.7 Å². The van der Waals surface area contributed by atoms with Crippen molar-refractivity contribution < 1.29 is 4.79 Å². The Morgan fingerprint density at radius 3 is 2.95 bits per heavy atom. The number of carbonyl (C=O) groups is 1. The van der Waals surface area contributed by atoms with E-state index in [0.29, 0.717) is 18.1 Å². The van der Waals surface area contributed by atoms with E-state index in [0.717, 1.165) is 11.5 Å². The van der Waals surface area contributed by atoms with Crippen molar-refractivity contribution in [3.05, 3.63) is 47.9 Å². The number of pyridine rings is 1. The van der Waals surface area contributed by atoms with Crippen LogP contribution >= 0.6 is 0 Å².